The molecule has 0 aliphatic heterocycles. The minimum atomic E-state index is 0.0787. The summed E-state index contributed by atoms with van der Waals surface area (Å²) in [6, 6.07) is 8.21. The van der Waals surface area contributed by atoms with Gasteiger partial charge in [-0.2, -0.15) is 0 Å². The number of ether oxygens (including phenoxy) is 1. The Balaban J connectivity index is 1.90. The second-order valence-corrected chi connectivity index (χ2v) is 4.82. The highest BCUT2D eigenvalue weighted by molar-refractivity contribution is 5.30. The van der Waals surface area contributed by atoms with Crippen LogP contribution in [0.3, 0.4) is 0 Å². The predicted molar refractivity (Wildman–Crippen MR) is 66.5 cm³/mol. The van der Waals surface area contributed by atoms with E-state index >= 15 is 0 Å². The molecule has 2 heteroatoms. The minimum absolute atomic E-state index is 0.0787. The SMILES string of the molecule is C[C@H](N)c1cccc(OCC2CCCC2)c1. The lowest BCUT2D eigenvalue weighted by atomic mass is 10.1. The van der Waals surface area contributed by atoms with Crippen molar-refractivity contribution in [2.24, 2.45) is 11.7 Å². The molecule has 1 fully saturated rings. The van der Waals surface area contributed by atoms with E-state index in [2.05, 4.69) is 6.07 Å². The van der Waals surface area contributed by atoms with E-state index in [0.29, 0.717) is 0 Å². The summed E-state index contributed by atoms with van der Waals surface area (Å²) in [6.45, 7) is 2.86. The van der Waals surface area contributed by atoms with E-state index in [1.165, 1.54) is 25.7 Å². The molecule has 0 spiro atoms. The van der Waals surface area contributed by atoms with Crippen LogP contribution in [0.5, 0.6) is 5.75 Å². The summed E-state index contributed by atoms with van der Waals surface area (Å²) in [5.41, 5.74) is 6.99. The minimum Gasteiger partial charge on any atom is -0.493 e. The zero-order valence-corrected chi connectivity index (χ0v) is 9.99. The van der Waals surface area contributed by atoms with E-state index in [1.807, 2.05) is 25.1 Å². The molecule has 2 nitrogen and oxygen atoms in total. The Morgan fingerprint density at radius 1 is 1.38 bits per heavy atom. The van der Waals surface area contributed by atoms with Crippen molar-refractivity contribution < 1.29 is 4.74 Å². The quantitative estimate of drug-likeness (QED) is 0.843. The second kappa shape index (κ2) is 5.35. The number of benzene rings is 1. The fourth-order valence-electron chi connectivity index (χ4n) is 2.28. The van der Waals surface area contributed by atoms with Gasteiger partial charge < -0.3 is 10.5 Å². The van der Waals surface area contributed by atoms with Crippen molar-refractivity contribution in [3.63, 3.8) is 0 Å². The van der Waals surface area contributed by atoms with Gasteiger partial charge in [0.1, 0.15) is 5.75 Å². The molecule has 2 N–H and O–H groups in total. The van der Waals surface area contributed by atoms with Crippen LogP contribution in [0.25, 0.3) is 0 Å². The van der Waals surface area contributed by atoms with Gasteiger partial charge in [0.25, 0.3) is 0 Å². The van der Waals surface area contributed by atoms with Crippen LogP contribution in [0.2, 0.25) is 0 Å². The zero-order chi connectivity index (χ0) is 11.4. The van der Waals surface area contributed by atoms with Crippen molar-refractivity contribution in [2.45, 2.75) is 38.6 Å². The second-order valence-electron chi connectivity index (χ2n) is 4.82. The fraction of sp³-hybridized carbons (Fsp3) is 0.571. The van der Waals surface area contributed by atoms with Crippen molar-refractivity contribution in [2.75, 3.05) is 6.61 Å². The standard InChI is InChI=1S/C14H21NO/c1-11(15)13-7-4-8-14(9-13)16-10-12-5-2-3-6-12/h4,7-9,11-12H,2-3,5-6,10,15H2,1H3/t11-/m0/s1. The third-order valence-corrected chi connectivity index (χ3v) is 3.34. The van der Waals surface area contributed by atoms with Crippen LogP contribution >= 0.6 is 0 Å². The highest BCUT2D eigenvalue weighted by Crippen LogP contribution is 2.26. The van der Waals surface area contributed by atoms with Crippen molar-refractivity contribution in [3.8, 4) is 5.75 Å². The maximum Gasteiger partial charge on any atom is 0.119 e. The van der Waals surface area contributed by atoms with Gasteiger partial charge in [0, 0.05) is 6.04 Å². The lowest BCUT2D eigenvalue weighted by Crippen LogP contribution is -2.09. The molecular formula is C14H21NO. The summed E-state index contributed by atoms with van der Waals surface area (Å²) in [5.74, 6) is 1.72. The number of hydrogen-bond acceptors (Lipinski definition) is 2. The Labute approximate surface area is 97.8 Å². The van der Waals surface area contributed by atoms with Crippen molar-refractivity contribution in [1.29, 1.82) is 0 Å². The molecule has 1 aliphatic carbocycles. The molecule has 1 aromatic carbocycles. The molecule has 0 heterocycles. The molecule has 88 valence electrons. The Bertz CT molecular complexity index is 329. The molecule has 0 bridgehead atoms. The summed E-state index contributed by atoms with van der Waals surface area (Å²) in [4.78, 5) is 0. The van der Waals surface area contributed by atoms with Gasteiger partial charge in [-0.25, -0.2) is 0 Å². The fourth-order valence-corrected chi connectivity index (χ4v) is 2.28. The molecule has 0 unspecified atom stereocenters. The van der Waals surface area contributed by atoms with Crippen LogP contribution in [0.1, 0.15) is 44.2 Å². The van der Waals surface area contributed by atoms with Crippen molar-refractivity contribution in [1.82, 2.24) is 0 Å². The number of nitrogens with two attached hydrogens (primary N) is 1. The van der Waals surface area contributed by atoms with Crippen LogP contribution < -0.4 is 10.5 Å². The first-order chi connectivity index (χ1) is 7.75. The topological polar surface area (TPSA) is 35.2 Å². The van der Waals surface area contributed by atoms with E-state index in [4.69, 9.17) is 10.5 Å². The summed E-state index contributed by atoms with van der Waals surface area (Å²) in [6.07, 6.45) is 5.39. The first-order valence-corrected chi connectivity index (χ1v) is 6.24. The largest absolute Gasteiger partial charge is 0.493 e. The van der Waals surface area contributed by atoms with Gasteiger partial charge in [0.05, 0.1) is 6.61 Å². The molecular weight excluding hydrogens is 198 g/mol. The molecule has 1 aromatic rings. The van der Waals surface area contributed by atoms with E-state index in [0.717, 1.165) is 23.8 Å². The Morgan fingerprint density at radius 3 is 2.81 bits per heavy atom. The average Bonchev–Trinajstić information content (AvgIpc) is 2.79. The lowest BCUT2D eigenvalue weighted by Gasteiger charge is -2.13. The molecule has 1 atom stereocenters. The summed E-state index contributed by atoms with van der Waals surface area (Å²) in [7, 11) is 0. The number of rotatable bonds is 4. The van der Waals surface area contributed by atoms with Crippen molar-refractivity contribution in [3.05, 3.63) is 29.8 Å². The highest BCUT2D eigenvalue weighted by atomic mass is 16.5. The first-order valence-electron chi connectivity index (χ1n) is 6.24. The third-order valence-electron chi connectivity index (χ3n) is 3.34. The molecule has 0 amide bonds. The molecule has 0 radical (unpaired) electrons. The van der Waals surface area contributed by atoms with Gasteiger partial charge in [-0.3, -0.25) is 0 Å². The normalized spacial score (nSPS) is 18.6. The predicted octanol–water partition coefficient (Wildman–Crippen LogP) is 3.28. The van der Waals surface area contributed by atoms with Crippen LogP contribution in [0.15, 0.2) is 24.3 Å². The molecule has 16 heavy (non-hydrogen) atoms. The van der Waals surface area contributed by atoms with Crippen LogP contribution in [-0.4, -0.2) is 6.61 Å². The van der Waals surface area contributed by atoms with Gasteiger partial charge in [-0.1, -0.05) is 25.0 Å². The monoisotopic (exact) mass is 219 g/mol. The van der Waals surface area contributed by atoms with Gasteiger partial charge in [0.2, 0.25) is 0 Å². The van der Waals surface area contributed by atoms with Gasteiger partial charge >= 0.3 is 0 Å². The van der Waals surface area contributed by atoms with E-state index in [1.54, 1.807) is 0 Å². The summed E-state index contributed by atoms with van der Waals surface area (Å²) in [5, 5.41) is 0. The van der Waals surface area contributed by atoms with Gasteiger partial charge in [-0.15, -0.1) is 0 Å². The van der Waals surface area contributed by atoms with Crippen molar-refractivity contribution >= 4 is 0 Å². The summed E-state index contributed by atoms with van der Waals surface area (Å²) >= 11 is 0. The van der Waals surface area contributed by atoms with Gasteiger partial charge in [-0.05, 0) is 43.4 Å². The Hall–Kier alpha value is -1.02. The van der Waals surface area contributed by atoms with Crippen LogP contribution in [0.4, 0.5) is 0 Å². The maximum atomic E-state index is 5.85. The van der Waals surface area contributed by atoms with Crippen LogP contribution in [0, 0.1) is 5.92 Å². The number of hydrogen-bond donors (Lipinski definition) is 1. The molecule has 0 saturated heterocycles. The van der Waals surface area contributed by atoms with Gasteiger partial charge in [0.15, 0.2) is 0 Å². The molecule has 1 aliphatic rings. The van der Waals surface area contributed by atoms with Crippen LogP contribution in [-0.2, 0) is 0 Å². The maximum absolute atomic E-state index is 5.85. The summed E-state index contributed by atoms with van der Waals surface area (Å²) < 4.78 is 5.83. The smallest absolute Gasteiger partial charge is 0.119 e. The Morgan fingerprint density at radius 2 is 2.12 bits per heavy atom. The zero-order valence-electron chi connectivity index (χ0n) is 9.99. The van der Waals surface area contributed by atoms with E-state index < -0.39 is 0 Å². The first kappa shape index (κ1) is 11.5. The molecule has 1 saturated carbocycles. The lowest BCUT2D eigenvalue weighted by molar-refractivity contribution is 0.252. The highest BCUT2D eigenvalue weighted by Gasteiger charge is 2.15. The third kappa shape index (κ3) is 2.99. The molecule has 2 rings (SSSR count). The average molecular weight is 219 g/mol. The van der Waals surface area contributed by atoms with E-state index in [9.17, 15) is 0 Å². The molecule has 0 aromatic heterocycles. The Kier molecular flexibility index (Phi) is 3.83. The van der Waals surface area contributed by atoms with E-state index in [-0.39, 0.29) is 6.04 Å².